The maximum atomic E-state index is 13.4. The number of fused-ring (bicyclic) bond motifs is 1. The number of rotatable bonds is 1. The minimum absolute atomic E-state index is 0.0965. The lowest BCUT2D eigenvalue weighted by Crippen LogP contribution is -2.07. The molecule has 1 aromatic carbocycles. The van der Waals surface area contributed by atoms with Gasteiger partial charge >= 0.3 is 6.18 Å². The highest BCUT2D eigenvalue weighted by atomic mass is 19.4. The third-order valence-corrected chi connectivity index (χ3v) is 2.59. The van der Waals surface area contributed by atoms with E-state index in [2.05, 4.69) is 15.1 Å². The number of halogens is 4. The average Bonchev–Trinajstić information content (AvgIpc) is 2.93. The molecule has 1 N–H and O–H groups in total. The van der Waals surface area contributed by atoms with Gasteiger partial charge in [0.25, 0.3) is 0 Å². The molecule has 98 valence electrons. The van der Waals surface area contributed by atoms with Gasteiger partial charge in [-0.25, -0.2) is 14.1 Å². The topological polar surface area (TPSA) is 46.5 Å². The first-order valence-corrected chi connectivity index (χ1v) is 5.21. The number of nitrogens with zero attached hydrogens (tertiary/aromatic N) is 3. The summed E-state index contributed by atoms with van der Waals surface area (Å²) in [5.74, 6) is -1.13. The van der Waals surface area contributed by atoms with Gasteiger partial charge < -0.3 is 4.98 Å². The molecule has 0 atom stereocenters. The van der Waals surface area contributed by atoms with E-state index in [4.69, 9.17) is 0 Å². The van der Waals surface area contributed by atoms with Crippen LogP contribution in [0.1, 0.15) is 5.56 Å². The van der Waals surface area contributed by atoms with Gasteiger partial charge in [0, 0.05) is 18.5 Å². The van der Waals surface area contributed by atoms with Crippen LogP contribution in [0.2, 0.25) is 0 Å². The normalized spacial score (nSPS) is 12.2. The van der Waals surface area contributed by atoms with E-state index in [1.54, 1.807) is 12.3 Å². The predicted octanol–water partition coefficient (Wildman–Crippen LogP) is 2.91. The number of benzene rings is 1. The molecule has 0 aliphatic heterocycles. The van der Waals surface area contributed by atoms with E-state index in [0.717, 1.165) is 6.07 Å². The zero-order valence-corrected chi connectivity index (χ0v) is 9.24. The van der Waals surface area contributed by atoms with Gasteiger partial charge in [-0.2, -0.15) is 18.3 Å². The third kappa shape index (κ3) is 1.94. The van der Waals surface area contributed by atoms with Crippen LogP contribution in [0.15, 0.2) is 30.6 Å². The Kier molecular flexibility index (Phi) is 2.34. The molecule has 2 heterocycles. The van der Waals surface area contributed by atoms with Gasteiger partial charge in [-0.05, 0) is 12.1 Å². The van der Waals surface area contributed by atoms with Gasteiger partial charge in [0.1, 0.15) is 5.82 Å². The summed E-state index contributed by atoms with van der Waals surface area (Å²) in [6, 6.07) is 3.08. The highest BCUT2D eigenvalue weighted by Crippen LogP contribution is 2.33. The molecule has 3 aromatic rings. The van der Waals surface area contributed by atoms with Crippen molar-refractivity contribution in [3.05, 3.63) is 42.0 Å². The lowest BCUT2D eigenvalue weighted by atomic mass is 10.2. The zero-order chi connectivity index (χ0) is 13.6. The zero-order valence-electron chi connectivity index (χ0n) is 9.24. The lowest BCUT2D eigenvalue weighted by Gasteiger charge is -2.06. The Labute approximate surface area is 103 Å². The largest absolute Gasteiger partial charge is 0.419 e. The van der Waals surface area contributed by atoms with Crippen LogP contribution in [0.5, 0.6) is 0 Å². The SMILES string of the molecule is Fc1cc2nc(-n3cccn3)[nH]c2cc1C(F)(F)F. The van der Waals surface area contributed by atoms with Crippen molar-refractivity contribution in [2.24, 2.45) is 0 Å². The van der Waals surface area contributed by atoms with Crippen LogP contribution in [0.25, 0.3) is 17.0 Å². The van der Waals surface area contributed by atoms with Gasteiger partial charge in [0.05, 0.1) is 16.6 Å². The molecule has 0 saturated carbocycles. The predicted molar refractivity (Wildman–Crippen MR) is 58.2 cm³/mol. The molecule has 0 fully saturated rings. The van der Waals surface area contributed by atoms with E-state index in [0.29, 0.717) is 6.07 Å². The van der Waals surface area contributed by atoms with Crippen molar-refractivity contribution in [1.82, 2.24) is 19.7 Å². The van der Waals surface area contributed by atoms with Gasteiger partial charge in [0.2, 0.25) is 5.95 Å². The molecule has 0 spiro atoms. The van der Waals surface area contributed by atoms with E-state index in [-0.39, 0.29) is 17.0 Å². The van der Waals surface area contributed by atoms with Crippen molar-refractivity contribution in [3.8, 4) is 5.95 Å². The van der Waals surface area contributed by atoms with Crippen molar-refractivity contribution in [3.63, 3.8) is 0 Å². The van der Waals surface area contributed by atoms with Crippen LogP contribution in [0, 0.1) is 5.82 Å². The lowest BCUT2D eigenvalue weighted by molar-refractivity contribution is -0.139. The van der Waals surface area contributed by atoms with Crippen LogP contribution in [0.3, 0.4) is 0 Å². The second-order valence-corrected chi connectivity index (χ2v) is 3.86. The maximum absolute atomic E-state index is 13.4. The first-order valence-electron chi connectivity index (χ1n) is 5.21. The van der Waals surface area contributed by atoms with Crippen LogP contribution < -0.4 is 0 Å². The van der Waals surface area contributed by atoms with Crippen LogP contribution >= 0.6 is 0 Å². The standard InChI is InChI=1S/C11H6F4N4/c12-7-5-9-8(4-6(7)11(13,14)15)17-10(18-9)19-3-1-2-16-19/h1-5H,(H,17,18). The molecule has 0 saturated heterocycles. The third-order valence-electron chi connectivity index (χ3n) is 2.59. The van der Waals surface area contributed by atoms with Crippen molar-refractivity contribution < 1.29 is 17.6 Å². The molecule has 0 aliphatic rings. The first-order chi connectivity index (χ1) is 8.95. The first kappa shape index (κ1) is 11.7. The van der Waals surface area contributed by atoms with Crippen LogP contribution in [-0.2, 0) is 6.18 Å². The van der Waals surface area contributed by atoms with Crippen molar-refractivity contribution in [2.75, 3.05) is 0 Å². The Bertz CT molecular complexity index is 727. The Hall–Kier alpha value is -2.38. The number of H-pyrrole nitrogens is 1. The summed E-state index contributed by atoms with van der Waals surface area (Å²) in [6.07, 6.45) is -1.68. The molecule has 0 bridgehead atoms. The fourth-order valence-electron chi connectivity index (χ4n) is 1.74. The number of aromatic amines is 1. The molecular weight excluding hydrogens is 264 g/mol. The van der Waals surface area contributed by atoms with E-state index in [9.17, 15) is 17.6 Å². The Balaban J connectivity index is 2.19. The fourth-order valence-corrected chi connectivity index (χ4v) is 1.74. The Morgan fingerprint density at radius 3 is 2.63 bits per heavy atom. The van der Waals surface area contributed by atoms with Gasteiger partial charge in [-0.15, -0.1) is 0 Å². The number of alkyl halides is 3. The Morgan fingerprint density at radius 2 is 2.00 bits per heavy atom. The quantitative estimate of drug-likeness (QED) is 0.691. The van der Waals surface area contributed by atoms with Gasteiger partial charge in [-0.1, -0.05) is 0 Å². The highest BCUT2D eigenvalue weighted by molar-refractivity contribution is 5.77. The van der Waals surface area contributed by atoms with E-state index in [1.807, 2.05) is 0 Å². The number of aromatic nitrogens is 4. The van der Waals surface area contributed by atoms with E-state index < -0.39 is 17.6 Å². The minimum Gasteiger partial charge on any atom is -0.322 e. The summed E-state index contributed by atoms with van der Waals surface area (Å²) >= 11 is 0. The molecule has 0 unspecified atom stereocenters. The van der Waals surface area contributed by atoms with E-state index >= 15 is 0 Å². The second-order valence-electron chi connectivity index (χ2n) is 3.86. The van der Waals surface area contributed by atoms with Crippen LogP contribution in [0.4, 0.5) is 17.6 Å². The number of imidazole rings is 1. The molecule has 4 nitrogen and oxygen atoms in total. The molecule has 3 rings (SSSR count). The smallest absolute Gasteiger partial charge is 0.322 e. The molecule has 0 radical (unpaired) electrons. The molecule has 8 heteroatoms. The van der Waals surface area contributed by atoms with Crippen molar-refractivity contribution in [2.45, 2.75) is 6.18 Å². The molecule has 2 aromatic heterocycles. The van der Waals surface area contributed by atoms with Crippen molar-refractivity contribution >= 4 is 11.0 Å². The highest BCUT2D eigenvalue weighted by Gasteiger charge is 2.34. The molecule has 19 heavy (non-hydrogen) atoms. The summed E-state index contributed by atoms with van der Waals surface area (Å²) in [5.41, 5.74) is -1.12. The summed E-state index contributed by atoms with van der Waals surface area (Å²) < 4.78 is 52.4. The number of nitrogens with one attached hydrogen (secondary N) is 1. The number of hydrogen-bond donors (Lipinski definition) is 1. The summed E-state index contributed by atoms with van der Waals surface area (Å²) in [5, 5.41) is 3.88. The molecule has 0 aliphatic carbocycles. The number of hydrogen-bond acceptors (Lipinski definition) is 2. The minimum atomic E-state index is -4.74. The average molecular weight is 270 g/mol. The molecular formula is C11H6F4N4. The monoisotopic (exact) mass is 270 g/mol. The summed E-state index contributed by atoms with van der Waals surface area (Å²) in [6.45, 7) is 0. The van der Waals surface area contributed by atoms with Gasteiger partial charge in [0.15, 0.2) is 0 Å². The second kappa shape index (κ2) is 3.81. The van der Waals surface area contributed by atoms with Gasteiger partial charge in [-0.3, -0.25) is 0 Å². The fraction of sp³-hybridized carbons (Fsp3) is 0.0909. The van der Waals surface area contributed by atoms with E-state index in [1.165, 1.54) is 10.9 Å². The summed E-state index contributed by atoms with van der Waals surface area (Å²) in [7, 11) is 0. The molecule has 0 amide bonds. The Morgan fingerprint density at radius 1 is 1.21 bits per heavy atom. The van der Waals surface area contributed by atoms with Crippen molar-refractivity contribution in [1.29, 1.82) is 0 Å². The van der Waals surface area contributed by atoms with Crippen LogP contribution in [-0.4, -0.2) is 19.7 Å². The maximum Gasteiger partial charge on any atom is 0.419 e. The summed E-state index contributed by atoms with van der Waals surface area (Å²) in [4.78, 5) is 6.64.